The molecule has 0 unspecified atom stereocenters. The van der Waals surface area contributed by atoms with Gasteiger partial charge in [-0.15, -0.1) is 0 Å². The fraction of sp³-hybridized carbons (Fsp3) is 0.279. The Kier molecular flexibility index (Phi) is 11.9. The number of amides is 2. The number of para-hydroxylation sites is 1. The van der Waals surface area contributed by atoms with Crippen molar-refractivity contribution in [2.75, 3.05) is 54.5 Å². The van der Waals surface area contributed by atoms with Crippen LogP contribution in [0.5, 0.6) is 23.1 Å². The van der Waals surface area contributed by atoms with Crippen LogP contribution < -0.4 is 14.2 Å². The zero-order valence-electron chi connectivity index (χ0n) is 31.1. The molecule has 0 aliphatic carbocycles. The molecule has 6 rings (SSSR count). The predicted octanol–water partition coefficient (Wildman–Crippen LogP) is 6.90. The molecule has 1 fully saturated rings. The molecule has 274 valence electrons. The van der Waals surface area contributed by atoms with Crippen molar-refractivity contribution in [3.8, 4) is 28.8 Å². The molecule has 0 saturated carbocycles. The Hall–Kier alpha value is -5.87. The largest absolute Gasteiger partial charge is 0.497 e. The highest BCUT2D eigenvalue weighted by atomic mass is 16.5. The molecule has 0 bridgehead atoms. The second kappa shape index (κ2) is 17.1. The molecule has 10 nitrogen and oxygen atoms in total. The first-order chi connectivity index (χ1) is 25.7. The molecule has 0 atom stereocenters. The van der Waals surface area contributed by atoms with E-state index in [0.717, 1.165) is 47.7 Å². The highest BCUT2D eigenvalue weighted by molar-refractivity contribution is 6.24. The summed E-state index contributed by atoms with van der Waals surface area (Å²) in [5.41, 5.74) is 5.81. The zero-order chi connectivity index (χ0) is 37.3. The minimum Gasteiger partial charge on any atom is -0.497 e. The Morgan fingerprint density at radius 2 is 1.42 bits per heavy atom. The van der Waals surface area contributed by atoms with Crippen LogP contribution in [-0.4, -0.2) is 90.8 Å². The SMILES string of the molecule is COc1cc(C=C(C(=O)N(C)C)c2ccc(Oc3c(CCC(=O)N4CCN(Cc5ccccc5)CC4)c(C)nn3-c3ccccc3)cc2)cc(OC)c1. The fourth-order valence-electron chi connectivity index (χ4n) is 6.47. The summed E-state index contributed by atoms with van der Waals surface area (Å²) in [6.45, 7) is 5.96. The lowest BCUT2D eigenvalue weighted by Crippen LogP contribution is -2.48. The summed E-state index contributed by atoms with van der Waals surface area (Å²) in [5.74, 6) is 2.37. The molecule has 4 aromatic carbocycles. The third-order valence-electron chi connectivity index (χ3n) is 9.40. The normalized spacial score (nSPS) is 13.5. The lowest BCUT2D eigenvalue weighted by Gasteiger charge is -2.34. The summed E-state index contributed by atoms with van der Waals surface area (Å²) in [6.07, 6.45) is 2.67. The van der Waals surface area contributed by atoms with Crippen LogP contribution in [0.1, 0.15) is 34.4 Å². The average Bonchev–Trinajstić information content (AvgIpc) is 3.50. The number of benzene rings is 4. The van der Waals surface area contributed by atoms with E-state index >= 15 is 0 Å². The molecular formula is C43H47N5O5. The monoisotopic (exact) mass is 713 g/mol. The second-order valence-electron chi connectivity index (χ2n) is 13.3. The number of aryl methyl sites for hydroxylation is 1. The van der Waals surface area contributed by atoms with Gasteiger partial charge in [0.15, 0.2) is 0 Å². The van der Waals surface area contributed by atoms with E-state index in [1.807, 2.05) is 90.7 Å². The van der Waals surface area contributed by atoms with Gasteiger partial charge in [0.05, 0.1) is 25.6 Å². The summed E-state index contributed by atoms with van der Waals surface area (Å²) in [7, 11) is 6.64. The number of rotatable bonds is 13. The maximum Gasteiger partial charge on any atom is 0.253 e. The van der Waals surface area contributed by atoms with E-state index < -0.39 is 0 Å². The number of piperazine rings is 1. The first kappa shape index (κ1) is 36.9. The molecule has 1 aromatic heterocycles. The molecule has 0 spiro atoms. The van der Waals surface area contributed by atoms with Crippen LogP contribution in [0.3, 0.4) is 0 Å². The molecule has 0 N–H and O–H groups in total. The average molecular weight is 714 g/mol. The molecule has 10 heteroatoms. The number of carbonyl (C=O) groups is 2. The smallest absolute Gasteiger partial charge is 0.253 e. The van der Waals surface area contributed by atoms with Crippen molar-refractivity contribution in [2.24, 2.45) is 0 Å². The summed E-state index contributed by atoms with van der Waals surface area (Å²) >= 11 is 0. The van der Waals surface area contributed by atoms with Gasteiger partial charge in [-0.25, -0.2) is 4.68 Å². The molecule has 2 heterocycles. The van der Waals surface area contributed by atoms with E-state index in [0.29, 0.717) is 54.6 Å². The predicted molar refractivity (Wildman–Crippen MR) is 208 cm³/mol. The van der Waals surface area contributed by atoms with Crippen molar-refractivity contribution in [1.29, 1.82) is 0 Å². The standard InChI is InChI=1S/C43H47N5O5/c1-31-39(20-21-41(49)47-24-22-46(23-25-47)30-32-12-8-6-9-13-32)43(48(44-31)35-14-10-7-11-15-35)53-36-18-16-34(17-19-36)40(42(50)45(2)3)28-33-26-37(51-4)29-38(27-33)52-5/h6-19,26-29H,20-25,30H2,1-5H3. The van der Waals surface area contributed by atoms with Crippen molar-refractivity contribution < 1.29 is 23.8 Å². The molecule has 1 saturated heterocycles. The maximum atomic E-state index is 13.5. The molecule has 1 aliphatic heterocycles. The quantitative estimate of drug-likeness (QED) is 0.0970. The van der Waals surface area contributed by atoms with E-state index in [4.69, 9.17) is 19.3 Å². The van der Waals surface area contributed by atoms with Crippen LogP contribution in [0.4, 0.5) is 0 Å². The van der Waals surface area contributed by atoms with Crippen LogP contribution in [-0.2, 0) is 22.6 Å². The maximum absolute atomic E-state index is 13.5. The number of likely N-dealkylation sites (N-methyl/N-ethyl adjacent to an activating group) is 1. The van der Waals surface area contributed by atoms with E-state index in [1.54, 1.807) is 44.0 Å². The molecule has 1 aliphatic rings. The van der Waals surface area contributed by atoms with Crippen molar-refractivity contribution in [1.82, 2.24) is 24.5 Å². The van der Waals surface area contributed by atoms with E-state index in [2.05, 4.69) is 29.2 Å². The summed E-state index contributed by atoms with van der Waals surface area (Å²) < 4.78 is 19.3. The Labute approximate surface area is 311 Å². The Balaban J connectivity index is 1.21. The topological polar surface area (TPSA) is 89.4 Å². The van der Waals surface area contributed by atoms with Crippen LogP contribution in [0.2, 0.25) is 0 Å². The van der Waals surface area contributed by atoms with Crippen LogP contribution >= 0.6 is 0 Å². The third-order valence-corrected chi connectivity index (χ3v) is 9.40. The molecule has 5 aromatic rings. The van der Waals surface area contributed by atoms with Crippen molar-refractivity contribution >= 4 is 23.5 Å². The summed E-state index contributed by atoms with van der Waals surface area (Å²) in [6, 6.07) is 33.2. The van der Waals surface area contributed by atoms with E-state index in [9.17, 15) is 9.59 Å². The Bertz CT molecular complexity index is 2010. The van der Waals surface area contributed by atoms with Crippen molar-refractivity contribution in [3.05, 3.63) is 131 Å². The van der Waals surface area contributed by atoms with Gasteiger partial charge >= 0.3 is 0 Å². The van der Waals surface area contributed by atoms with Gasteiger partial charge < -0.3 is 24.0 Å². The van der Waals surface area contributed by atoms with Crippen LogP contribution in [0.15, 0.2) is 103 Å². The minimum absolute atomic E-state index is 0.130. The summed E-state index contributed by atoms with van der Waals surface area (Å²) in [4.78, 5) is 32.8. The third kappa shape index (κ3) is 9.14. The van der Waals surface area contributed by atoms with Crippen LogP contribution in [0.25, 0.3) is 17.3 Å². The molecule has 0 radical (unpaired) electrons. The fourth-order valence-corrected chi connectivity index (χ4v) is 6.47. The second-order valence-corrected chi connectivity index (χ2v) is 13.3. The van der Waals surface area contributed by atoms with Gasteiger partial charge in [0, 0.05) is 70.4 Å². The molecule has 2 amide bonds. The number of nitrogens with zero attached hydrogens (tertiary/aromatic N) is 5. The molecular weight excluding hydrogens is 667 g/mol. The van der Waals surface area contributed by atoms with Gasteiger partial charge in [0.2, 0.25) is 11.8 Å². The number of aromatic nitrogens is 2. The van der Waals surface area contributed by atoms with Crippen LogP contribution in [0, 0.1) is 6.92 Å². The van der Waals surface area contributed by atoms with E-state index in [1.165, 1.54) is 5.56 Å². The van der Waals surface area contributed by atoms with E-state index in [-0.39, 0.29) is 11.8 Å². The number of hydrogen-bond donors (Lipinski definition) is 0. The zero-order valence-corrected chi connectivity index (χ0v) is 31.1. The number of ether oxygens (including phenoxy) is 3. The van der Waals surface area contributed by atoms with Gasteiger partial charge in [-0.3, -0.25) is 14.5 Å². The highest BCUT2D eigenvalue weighted by Crippen LogP contribution is 2.33. The Morgan fingerprint density at radius 3 is 2.02 bits per heavy atom. The van der Waals surface area contributed by atoms with Gasteiger partial charge in [0.1, 0.15) is 17.2 Å². The lowest BCUT2D eigenvalue weighted by atomic mass is 10.0. The van der Waals surface area contributed by atoms with Gasteiger partial charge in [-0.2, -0.15) is 5.10 Å². The number of carbonyl (C=O) groups excluding carboxylic acids is 2. The van der Waals surface area contributed by atoms with Gasteiger partial charge in [-0.05, 0) is 72.5 Å². The first-order valence-electron chi connectivity index (χ1n) is 17.8. The highest BCUT2D eigenvalue weighted by Gasteiger charge is 2.24. The van der Waals surface area contributed by atoms with Gasteiger partial charge in [0.25, 0.3) is 5.91 Å². The molecule has 53 heavy (non-hydrogen) atoms. The first-order valence-corrected chi connectivity index (χ1v) is 17.8. The minimum atomic E-state index is -0.150. The Morgan fingerprint density at radius 1 is 0.792 bits per heavy atom. The number of methoxy groups -OCH3 is 2. The summed E-state index contributed by atoms with van der Waals surface area (Å²) in [5, 5.41) is 4.86. The van der Waals surface area contributed by atoms with Crippen molar-refractivity contribution in [2.45, 2.75) is 26.3 Å². The van der Waals surface area contributed by atoms with Gasteiger partial charge in [-0.1, -0.05) is 60.7 Å². The van der Waals surface area contributed by atoms with Crippen molar-refractivity contribution in [3.63, 3.8) is 0 Å². The lowest BCUT2D eigenvalue weighted by molar-refractivity contribution is -0.133. The number of hydrogen-bond acceptors (Lipinski definition) is 7.